The van der Waals surface area contributed by atoms with Crippen molar-refractivity contribution < 1.29 is 4.74 Å². The molecule has 0 N–H and O–H groups in total. The topological polar surface area (TPSA) is 9.23 Å². The molecule has 1 aromatic rings. The lowest BCUT2D eigenvalue weighted by Crippen LogP contribution is -2.21. The summed E-state index contributed by atoms with van der Waals surface area (Å²) >= 11 is 4.24. The van der Waals surface area contributed by atoms with Crippen molar-refractivity contribution in [2.45, 2.75) is 65.2 Å². The van der Waals surface area contributed by atoms with Gasteiger partial charge in [-0.2, -0.15) is 12.6 Å². The quantitative estimate of drug-likeness (QED) is 0.665. The molecule has 0 heterocycles. The van der Waals surface area contributed by atoms with Crippen molar-refractivity contribution in [1.29, 1.82) is 0 Å². The van der Waals surface area contributed by atoms with Gasteiger partial charge in [0.25, 0.3) is 0 Å². The van der Waals surface area contributed by atoms with Gasteiger partial charge in [-0.05, 0) is 35.3 Å². The zero-order valence-corrected chi connectivity index (χ0v) is 14.8. The maximum absolute atomic E-state index is 5.90. The first kappa shape index (κ1) is 17.4. The Morgan fingerprint density at radius 2 is 1.60 bits per heavy atom. The van der Waals surface area contributed by atoms with E-state index < -0.39 is 0 Å². The summed E-state index contributed by atoms with van der Waals surface area (Å²) in [7, 11) is 0. The Labute approximate surface area is 130 Å². The fourth-order valence-corrected chi connectivity index (χ4v) is 2.25. The molecule has 0 atom stereocenters. The van der Waals surface area contributed by atoms with Crippen LogP contribution in [0.1, 0.15) is 65.5 Å². The third-order valence-corrected chi connectivity index (χ3v) is 4.79. The van der Waals surface area contributed by atoms with Crippen LogP contribution in [0.4, 0.5) is 0 Å². The third kappa shape index (κ3) is 3.94. The Morgan fingerprint density at radius 3 is 2.10 bits per heavy atom. The smallest absolute Gasteiger partial charge is 0.123 e. The Kier molecular flexibility index (Phi) is 6.00. The predicted octanol–water partition coefficient (Wildman–Crippen LogP) is 5.37. The largest absolute Gasteiger partial charge is 0.492 e. The Balaban J connectivity index is 3.29. The van der Waals surface area contributed by atoms with Crippen LogP contribution in [0.15, 0.2) is 18.2 Å². The first-order chi connectivity index (χ1) is 9.28. The van der Waals surface area contributed by atoms with Gasteiger partial charge in [-0.25, -0.2) is 0 Å². The highest BCUT2D eigenvalue weighted by Gasteiger charge is 2.26. The van der Waals surface area contributed by atoms with Gasteiger partial charge in [0.05, 0.1) is 6.61 Å². The number of hydrogen-bond donors (Lipinski definition) is 1. The molecular formula is C18H30OS. The summed E-state index contributed by atoms with van der Waals surface area (Å²) in [5.41, 5.74) is 3.06. The van der Waals surface area contributed by atoms with Crippen LogP contribution in [-0.2, 0) is 10.8 Å². The van der Waals surface area contributed by atoms with Gasteiger partial charge >= 0.3 is 0 Å². The van der Waals surface area contributed by atoms with Crippen molar-refractivity contribution in [2.75, 3.05) is 12.4 Å². The maximum Gasteiger partial charge on any atom is 0.123 e. The highest BCUT2D eigenvalue weighted by Crippen LogP contribution is 2.38. The molecule has 114 valence electrons. The SMILES string of the molecule is CCC(C)(C)c1ccc(OCCS)c(C(C)(C)CC)c1. The third-order valence-electron chi connectivity index (χ3n) is 4.61. The van der Waals surface area contributed by atoms with Crippen molar-refractivity contribution >= 4 is 12.6 Å². The molecule has 0 amide bonds. The van der Waals surface area contributed by atoms with Crippen molar-refractivity contribution in [3.8, 4) is 5.75 Å². The molecule has 0 bridgehead atoms. The van der Waals surface area contributed by atoms with Crippen molar-refractivity contribution in [3.63, 3.8) is 0 Å². The number of rotatable bonds is 7. The minimum atomic E-state index is 0.131. The minimum Gasteiger partial charge on any atom is -0.492 e. The monoisotopic (exact) mass is 294 g/mol. The average Bonchev–Trinajstić information content (AvgIpc) is 2.44. The van der Waals surface area contributed by atoms with E-state index in [0.717, 1.165) is 24.3 Å². The van der Waals surface area contributed by atoms with Gasteiger partial charge in [-0.1, -0.05) is 53.7 Å². The van der Waals surface area contributed by atoms with Crippen LogP contribution in [0.3, 0.4) is 0 Å². The summed E-state index contributed by atoms with van der Waals surface area (Å²) in [6.07, 6.45) is 2.23. The number of thiol groups is 1. The van der Waals surface area contributed by atoms with Gasteiger partial charge in [-0.3, -0.25) is 0 Å². The molecule has 0 aliphatic heterocycles. The molecule has 0 radical (unpaired) electrons. The maximum atomic E-state index is 5.90. The number of ether oxygens (including phenoxy) is 1. The molecule has 1 aromatic carbocycles. The van der Waals surface area contributed by atoms with E-state index in [1.54, 1.807) is 0 Å². The van der Waals surface area contributed by atoms with E-state index in [0.29, 0.717) is 6.61 Å². The van der Waals surface area contributed by atoms with E-state index in [4.69, 9.17) is 4.74 Å². The lowest BCUT2D eigenvalue weighted by molar-refractivity contribution is 0.329. The second-order valence-electron chi connectivity index (χ2n) is 6.76. The summed E-state index contributed by atoms with van der Waals surface area (Å²) in [4.78, 5) is 0. The highest BCUT2D eigenvalue weighted by atomic mass is 32.1. The fraction of sp³-hybridized carbons (Fsp3) is 0.667. The van der Waals surface area contributed by atoms with Crippen LogP contribution in [0.25, 0.3) is 0 Å². The summed E-state index contributed by atoms with van der Waals surface area (Å²) in [6, 6.07) is 6.70. The predicted molar refractivity (Wildman–Crippen MR) is 92.4 cm³/mol. The van der Waals surface area contributed by atoms with Crippen molar-refractivity contribution in [1.82, 2.24) is 0 Å². The van der Waals surface area contributed by atoms with Crippen LogP contribution in [-0.4, -0.2) is 12.4 Å². The summed E-state index contributed by atoms with van der Waals surface area (Å²) < 4.78 is 5.90. The molecule has 0 aliphatic rings. The van der Waals surface area contributed by atoms with Crippen LogP contribution in [0.2, 0.25) is 0 Å². The summed E-state index contributed by atoms with van der Waals surface area (Å²) in [5, 5.41) is 0. The van der Waals surface area contributed by atoms with Crippen LogP contribution in [0, 0.1) is 0 Å². The van der Waals surface area contributed by atoms with Gasteiger partial charge in [0.1, 0.15) is 5.75 Å². The van der Waals surface area contributed by atoms with E-state index in [2.05, 4.69) is 72.4 Å². The average molecular weight is 295 g/mol. The zero-order chi connectivity index (χ0) is 15.4. The Bertz CT molecular complexity index is 435. The van der Waals surface area contributed by atoms with Gasteiger partial charge < -0.3 is 4.74 Å². The van der Waals surface area contributed by atoms with Crippen molar-refractivity contribution in [2.24, 2.45) is 0 Å². The molecule has 0 saturated carbocycles. The van der Waals surface area contributed by atoms with E-state index >= 15 is 0 Å². The minimum absolute atomic E-state index is 0.131. The van der Waals surface area contributed by atoms with E-state index in [-0.39, 0.29) is 10.8 Å². The van der Waals surface area contributed by atoms with E-state index in [1.165, 1.54) is 11.1 Å². The van der Waals surface area contributed by atoms with Crippen LogP contribution >= 0.6 is 12.6 Å². The summed E-state index contributed by atoms with van der Waals surface area (Å²) in [6.45, 7) is 14.3. The fourth-order valence-electron chi connectivity index (χ4n) is 2.16. The molecule has 0 saturated heterocycles. The van der Waals surface area contributed by atoms with E-state index in [1.807, 2.05) is 0 Å². The van der Waals surface area contributed by atoms with Gasteiger partial charge in [-0.15, -0.1) is 0 Å². The molecule has 20 heavy (non-hydrogen) atoms. The normalized spacial score (nSPS) is 12.6. The van der Waals surface area contributed by atoms with Crippen molar-refractivity contribution in [3.05, 3.63) is 29.3 Å². The molecule has 2 heteroatoms. The second kappa shape index (κ2) is 6.89. The second-order valence-corrected chi connectivity index (χ2v) is 7.21. The molecule has 0 fully saturated rings. The molecule has 0 spiro atoms. The summed E-state index contributed by atoms with van der Waals surface area (Å²) in [5.74, 6) is 1.76. The molecule has 0 unspecified atom stereocenters. The van der Waals surface area contributed by atoms with Crippen LogP contribution in [0.5, 0.6) is 5.75 Å². The first-order valence-electron chi connectivity index (χ1n) is 7.67. The Hall–Kier alpha value is -0.630. The van der Waals surface area contributed by atoms with Gasteiger partial charge in [0.15, 0.2) is 0 Å². The van der Waals surface area contributed by atoms with Gasteiger partial charge in [0, 0.05) is 11.3 Å². The molecule has 1 nitrogen and oxygen atoms in total. The lowest BCUT2D eigenvalue weighted by Gasteiger charge is -2.30. The molecular weight excluding hydrogens is 264 g/mol. The lowest BCUT2D eigenvalue weighted by atomic mass is 9.76. The molecule has 0 aliphatic carbocycles. The number of hydrogen-bond acceptors (Lipinski definition) is 2. The first-order valence-corrected chi connectivity index (χ1v) is 8.30. The van der Waals surface area contributed by atoms with E-state index in [9.17, 15) is 0 Å². The Morgan fingerprint density at radius 1 is 1.00 bits per heavy atom. The molecule has 0 aromatic heterocycles. The number of benzene rings is 1. The molecule has 1 rings (SSSR count). The van der Waals surface area contributed by atoms with Gasteiger partial charge in [0.2, 0.25) is 0 Å². The highest BCUT2D eigenvalue weighted by molar-refractivity contribution is 7.80. The van der Waals surface area contributed by atoms with Crippen LogP contribution < -0.4 is 4.74 Å². The standard InChI is InChI=1S/C18H30OS/c1-7-17(3,4)14-9-10-16(19-11-12-20)15(13-14)18(5,6)8-2/h9-10,13,20H,7-8,11-12H2,1-6H3. The zero-order valence-electron chi connectivity index (χ0n) is 13.9.